The first kappa shape index (κ1) is 11.2. The van der Waals surface area contributed by atoms with Gasteiger partial charge in [0.2, 0.25) is 0 Å². The topological polar surface area (TPSA) is 67.6 Å². The van der Waals surface area contributed by atoms with Gasteiger partial charge in [0.25, 0.3) is 0 Å². The second kappa shape index (κ2) is 3.95. The Balaban J connectivity index is 2.58. The third-order valence-electron chi connectivity index (χ3n) is 3.05. The van der Waals surface area contributed by atoms with Crippen LogP contribution in [0.3, 0.4) is 0 Å². The molecule has 0 bridgehead atoms. The molecular formula is C13H14N4. The van der Waals surface area contributed by atoms with Gasteiger partial charge in [-0.05, 0) is 44.5 Å². The van der Waals surface area contributed by atoms with E-state index in [1.165, 1.54) is 5.56 Å². The van der Waals surface area contributed by atoms with Crippen molar-refractivity contribution in [3.63, 3.8) is 0 Å². The zero-order valence-corrected chi connectivity index (χ0v) is 10.2. The van der Waals surface area contributed by atoms with Gasteiger partial charge < -0.3 is 5.73 Å². The van der Waals surface area contributed by atoms with Gasteiger partial charge in [-0.2, -0.15) is 10.4 Å². The molecule has 0 aliphatic carbocycles. The standard InChI is InChI=1S/C13H14N4/c1-8-9(2)16-17(10(8)3)12-5-4-11(7-14)13(15)6-12/h4-6H,15H2,1-3H3. The summed E-state index contributed by atoms with van der Waals surface area (Å²) in [7, 11) is 0. The first-order valence-corrected chi connectivity index (χ1v) is 5.37. The van der Waals surface area contributed by atoms with Crippen LogP contribution in [0, 0.1) is 32.1 Å². The number of nitrogens with zero attached hydrogens (tertiary/aromatic N) is 3. The van der Waals surface area contributed by atoms with Gasteiger partial charge in [0, 0.05) is 5.69 Å². The molecule has 0 amide bonds. The molecule has 1 aromatic heterocycles. The van der Waals surface area contributed by atoms with Crippen LogP contribution in [0.4, 0.5) is 5.69 Å². The van der Waals surface area contributed by atoms with E-state index in [0.717, 1.165) is 17.1 Å². The van der Waals surface area contributed by atoms with Crippen LogP contribution in [-0.4, -0.2) is 9.78 Å². The molecule has 0 atom stereocenters. The van der Waals surface area contributed by atoms with E-state index in [2.05, 4.69) is 11.2 Å². The maximum absolute atomic E-state index is 8.83. The van der Waals surface area contributed by atoms with Gasteiger partial charge in [-0.25, -0.2) is 4.68 Å². The number of benzene rings is 1. The monoisotopic (exact) mass is 226 g/mol. The van der Waals surface area contributed by atoms with E-state index >= 15 is 0 Å². The van der Waals surface area contributed by atoms with Crippen molar-refractivity contribution in [2.24, 2.45) is 0 Å². The number of aryl methyl sites for hydroxylation is 1. The van der Waals surface area contributed by atoms with E-state index in [0.29, 0.717) is 11.3 Å². The fourth-order valence-corrected chi connectivity index (χ4v) is 1.76. The van der Waals surface area contributed by atoms with Crippen molar-refractivity contribution in [3.8, 4) is 11.8 Å². The average molecular weight is 226 g/mol. The van der Waals surface area contributed by atoms with Crippen LogP contribution in [0.25, 0.3) is 5.69 Å². The third-order valence-corrected chi connectivity index (χ3v) is 3.05. The predicted octanol–water partition coefficient (Wildman–Crippen LogP) is 2.25. The molecule has 0 aliphatic heterocycles. The summed E-state index contributed by atoms with van der Waals surface area (Å²) in [6.45, 7) is 6.04. The van der Waals surface area contributed by atoms with Crippen molar-refractivity contribution in [3.05, 3.63) is 40.7 Å². The SMILES string of the molecule is Cc1nn(-c2ccc(C#N)c(N)c2)c(C)c1C. The van der Waals surface area contributed by atoms with Crippen LogP contribution in [0.1, 0.15) is 22.5 Å². The predicted molar refractivity (Wildman–Crippen MR) is 66.9 cm³/mol. The highest BCUT2D eigenvalue weighted by molar-refractivity contribution is 5.59. The molecule has 4 nitrogen and oxygen atoms in total. The molecule has 86 valence electrons. The first-order valence-electron chi connectivity index (χ1n) is 5.37. The summed E-state index contributed by atoms with van der Waals surface area (Å²) in [6.07, 6.45) is 0. The van der Waals surface area contributed by atoms with E-state index in [1.807, 2.05) is 31.5 Å². The summed E-state index contributed by atoms with van der Waals surface area (Å²) in [5.41, 5.74) is 10.9. The summed E-state index contributed by atoms with van der Waals surface area (Å²) >= 11 is 0. The number of nitriles is 1. The van der Waals surface area contributed by atoms with E-state index in [1.54, 1.807) is 12.1 Å². The maximum atomic E-state index is 8.83. The average Bonchev–Trinajstić information content (AvgIpc) is 2.57. The minimum Gasteiger partial charge on any atom is -0.398 e. The lowest BCUT2D eigenvalue weighted by Gasteiger charge is -2.06. The van der Waals surface area contributed by atoms with E-state index in [9.17, 15) is 0 Å². The Kier molecular flexibility index (Phi) is 2.60. The van der Waals surface area contributed by atoms with Crippen molar-refractivity contribution < 1.29 is 0 Å². The van der Waals surface area contributed by atoms with Crippen LogP contribution < -0.4 is 5.73 Å². The van der Waals surface area contributed by atoms with E-state index in [4.69, 9.17) is 11.0 Å². The van der Waals surface area contributed by atoms with Gasteiger partial charge in [0.1, 0.15) is 6.07 Å². The van der Waals surface area contributed by atoms with Crippen molar-refractivity contribution in [2.45, 2.75) is 20.8 Å². The molecule has 2 rings (SSSR count). The van der Waals surface area contributed by atoms with Crippen molar-refractivity contribution in [1.29, 1.82) is 5.26 Å². The van der Waals surface area contributed by atoms with Crippen molar-refractivity contribution in [1.82, 2.24) is 9.78 Å². The molecule has 2 aromatic rings. The molecule has 0 unspecified atom stereocenters. The maximum Gasteiger partial charge on any atom is 0.101 e. The highest BCUT2D eigenvalue weighted by atomic mass is 15.3. The zero-order valence-electron chi connectivity index (χ0n) is 10.2. The lowest BCUT2D eigenvalue weighted by Crippen LogP contribution is -2.01. The molecule has 0 saturated carbocycles. The Morgan fingerprint density at radius 3 is 2.47 bits per heavy atom. The minimum atomic E-state index is 0.482. The van der Waals surface area contributed by atoms with Crippen LogP contribution in [-0.2, 0) is 0 Å². The fraction of sp³-hybridized carbons (Fsp3) is 0.231. The normalized spacial score (nSPS) is 10.2. The van der Waals surface area contributed by atoms with Crippen molar-refractivity contribution >= 4 is 5.69 Å². The summed E-state index contributed by atoms with van der Waals surface area (Å²) in [5, 5.41) is 13.3. The summed E-state index contributed by atoms with van der Waals surface area (Å²) in [4.78, 5) is 0. The highest BCUT2D eigenvalue weighted by Gasteiger charge is 2.09. The number of aromatic nitrogens is 2. The van der Waals surface area contributed by atoms with Gasteiger partial charge in [-0.3, -0.25) is 0 Å². The molecule has 0 fully saturated rings. The molecule has 0 spiro atoms. The second-order valence-electron chi connectivity index (χ2n) is 4.09. The van der Waals surface area contributed by atoms with Gasteiger partial charge in [0.15, 0.2) is 0 Å². The Morgan fingerprint density at radius 2 is 2.00 bits per heavy atom. The number of rotatable bonds is 1. The number of hydrogen-bond donors (Lipinski definition) is 1. The molecule has 0 aliphatic rings. The van der Waals surface area contributed by atoms with Crippen LogP contribution in [0.5, 0.6) is 0 Å². The lowest BCUT2D eigenvalue weighted by molar-refractivity contribution is 0.833. The number of hydrogen-bond acceptors (Lipinski definition) is 3. The summed E-state index contributed by atoms with van der Waals surface area (Å²) < 4.78 is 1.85. The van der Waals surface area contributed by atoms with Gasteiger partial charge in [-0.1, -0.05) is 0 Å². The molecule has 17 heavy (non-hydrogen) atoms. The Hall–Kier alpha value is -2.28. The third kappa shape index (κ3) is 1.76. The largest absolute Gasteiger partial charge is 0.398 e. The smallest absolute Gasteiger partial charge is 0.101 e. The minimum absolute atomic E-state index is 0.482. The highest BCUT2D eigenvalue weighted by Crippen LogP contribution is 2.20. The number of anilines is 1. The van der Waals surface area contributed by atoms with Crippen molar-refractivity contribution in [2.75, 3.05) is 5.73 Å². The van der Waals surface area contributed by atoms with Gasteiger partial charge in [-0.15, -0.1) is 0 Å². The molecule has 0 saturated heterocycles. The van der Waals surface area contributed by atoms with Gasteiger partial charge >= 0.3 is 0 Å². The molecule has 0 radical (unpaired) electrons. The fourth-order valence-electron chi connectivity index (χ4n) is 1.76. The van der Waals surface area contributed by atoms with Gasteiger partial charge in [0.05, 0.1) is 22.6 Å². The van der Waals surface area contributed by atoms with Crippen LogP contribution >= 0.6 is 0 Å². The summed E-state index contributed by atoms with van der Waals surface area (Å²) in [5.74, 6) is 0. The summed E-state index contributed by atoms with van der Waals surface area (Å²) in [6, 6.07) is 7.40. The zero-order chi connectivity index (χ0) is 12.6. The molecule has 1 heterocycles. The first-order chi connectivity index (χ1) is 8.04. The Morgan fingerprint density at radius 1 is 1.29 bits per heavy atom. The molecular weight excluding hydrogens is 212 g/mol. The van der Waals surface area contributed by atoms with Crippen LogP contribution in [0.15, 0.2) is 18.2 Å². The molecule has 1 aromatic carbocycles. The Labute approximate surface area is 100 Å². The molecule has 4 heteroatoms. The quantitative estimate of drug-likeness (QED) is 0.758. The van der Waals surface area contributed by atoms with E-state index < -0.39 is 0 Å². The van der Waals surface area contributed by atoms with E-state index in [-0.39, 0.29) is 0 Å². The van der Waals surface area contributed by atoms with Crippen LogP contribution in [0.2, 0.25) is 0 Å². The lowest BCUT2D eigenvalue weighted by atomic mass is 10.1. The second-order valence-corrected chi connectivity index (χ2v) is 4.09. The number of nitrogens with two attached hydrogens (primary N) is 1. The molecule has 2 N–H and O–H groups in total. The number of nitrogen functional groups attached to an aromatic ring is 1. The Bertz CT molecular complexity index is 617.